The molecule has 0 aromatic heterocycles. The van der Waals surface area contributed by atoms with E-state index in [-0.39, 0.29) is 24.2 Å². The highest BCUT2D eigenvalue weighted by atomic mass is 16.5. The number of nitrogens with one attached hydrogen (secondary N) is 2. The molecule has 3 aromatic rings. The number of benzene rings is 3. The van der Waals surface area contributed by atoms with E-state index in [2.05, 4.69) is 10.6 Å². The fraction of sp³-hybridized carbons (Fsp3) is 0.259. The second kappa shape index (κ2) is 11.7. The lowest BCUT2D eigenvalue weighted by Crippen LogP contribution is -2.26. The molecule has 0 aliphatic carbocycles. The summed E-state index contributed by atoms with van der Waals surface area (Å²) in [5.74, 6) is 1.13. The Balaban J connectivity index is 1.54. The van der Waals surface area contributed by atoms with Crippen molar-refractivity contribution in [3.8, 4) is 17.2 Å². The normalized spacial score (nSPS) is 11.3. The van der Waals surface area contributed by atoms with E-state index < -0.39 is 0 Å². The summed E-state index contributed by atoms with van der Waals surface area (Å²) in [6.07, 6.45) is 0.273. The number of hydrogen-bond donors (Lipinski definition) is 2. The zero-order valence-electron chi connectivity index (χ0n) is 19.9. The van der Waals surface area contributed by atoms with Crippen LogP contribution >= 0.6 is 0 Å². The van der Waals surface area contributed by atoms with Gasteiger partial charge in [-0.2, -0.15) is 0 Å². The number of ketones is 1. The molecule has 0 saturated carbocycles. The highest BCUT2D eigenvalue weighted by Gasteiger charge is 2.17. The molecule has 3 aromatic carbocycles. The first-order chi connectivity index (χ1) is 16.5. The van der Waals surface area contributed by atoms with Gasteiger partial charge >= 0.3 is 0 Å². The maximum absolute atomic E-state index is 12.7. The number of amides is 1. The lowest BCUT2D eigenvalue weighted by atomic mass is 10.1. The molecule has 0 spiro atoms. The Morgan fingerprint density at radius 1 is 0.824 bits per heavy atom. The molecular formula is C27H30N2O5. The van der Waals surface area contributed by atoms with Crippen LogP contribution < -0.4 is 24.8 Å². The Morgan fingerprint density at radius 2 is 1.44 bits per heavy atom. The zero-order chi connectivity index (χ0) is 24.5. The van der Waals surface area contributed by atoms with Gasteiger partial charge in [-0.1, -0.05) is 30.3 Å². The monoisotopic (exact) mass is 462 g/mol. The molecule has 178 valence electrons. The topological polar surface area (TPSA) is 85.9 Å². The minimum Gasteiger partial charge on any atom is -0.493 e. The first kappa shape index (κ1) is 24.6. The lowest BCUT2D eigenvalue weighted by Gasteiger charge is -2.15. The molecule has 0 fully saturated rings. The number of carbonyl (C=O) groups is 2. The lowest BCUT2D eigenvalue weighted by molar-refractivity contribution is 0.0938. The summed E-state index contributed by atoms with van der Waals surface area (Å²) in [7, 11) is 4.54. The van der Waals surface area contributed by atoms with E-state index in [4.69, 9.17) is 14.2 Å². The van der Waals surface area contributed by atoms with Gasteiger partial charge in [-0.05, 0) is 48.9 Å². The first-order valence-corrected chi connectivity index (χ1v) is 11.0. The molecule has 0 bridgehead atoms. The third-order valence-electron chi connectivity index (χ3n) is 5.46. The summed E-state index contributed by atoms with van der Waals surface area (Å²) >= 11 is 0. The van der Waals surface area contributed by atoms with Gasteiger partial charge in [0, 0.05) is 29.8 Å². The largest absolute Gasteiger partial charge is 0.493 e. The molecule has 2 N–H and O–H groups in total. The number of rotatable bonds is 11. The molecular weight excluding hydrogens is 432 g/mol. The van der Waals surface area contributed by atoms with E-state index in [1.165, 1.54) is 21.3 Å². The smallest absolute Gasteiger partial charge is 0.251 e. The van der Waals surface area contributed by atoms with Crippen molar-refractivity contribution in [1.82, 2.24) is 5.32 Å². The Morgan fingerprint density at radius 3 is 2.00 bits per heavy atom. The number of ether oxygens (including phenoxy) is 3. The first-order valence-electron chi connectivity index (χ1n) is 11.0. The van der Waals surface area contributed by atoms with Gasteiger partial charge in [0.25, 0.3) is 5.91 Å². The number of carbonyl (C=O) groups excluding carboxylic acids is 2. The van der Waals surface area contributed by atoms with E-state index in [1.54, 1.807) is 24.3 Å². The van der Waals surface area contributed by atoms with Crippen molar-refractivity contribution < 1.29 is 23.8 Å². The molecule has 34 heavy (non-hydrogen) atoms. The maximum Gasteiger partial charge on any atom is 0.251 e. The van der Waals surface area contributed by atoms with Crippen LogP contribution in [0.3, 0.4) is 0 Å². The average Bonchev–Trinajstić information content (AvgIpc) is 2.88. The molecule has 0 aliphatic heterocycles. The Bertz CT molecular complexity index is 1090. The van der Waals surface area contributed by atoms with E-state index in [1.807, 2.05) is 49.4 Å². The van der Waals surface area contributed by atoms with Crippen LogP contribution in [-0.2, 0) is 0 Å². The van der Waals surface area contributed by atoms with Crippen LogP contribution in [0.1, 0.15) is 45.7 Å². The minimum absolute atomic E-state index is 0.0577. The summed E-state index contributed by atoms with van der Waals surface area (Å²) in [5.41, 5.74) is 2.92. The van der Waals surface area contributed by atoms with Crippen LogP contribution in [0.25, 0.3) is 0 Å². The van der Waals surface area contributed by atoms with Crippen LogP contribution in [0.15, 0.2) is 66.7 Å². The third kappa shape index (κ3) is 6.07. The van der Waals surface area contributed by atoms with Crippen molar-refractivity contribution in [1.29, 1.82) is 0 Å². The van der Waals surface area contributed by atoms with Crippen LogP contribution in [-0.4, -0.2) is 39.6 Å². The third-order valence-corrected chi connectivity index (χ3v) is 5.46. The minimum atomic E-state index is -0.138. The molecule has 0 aliphatic rings. The quantitative estimate of drug-likeness (QED) is 0.395. The fourth-order valence-corrected chi connectivity index (χ4v) is 3.55. The summed E-state index contributed by atoms with van der Waals surface area (Å²) < 4.78 is 15.9. The van der Waals surface area contributed by atoms with E-state index >= 15 is 0 Å². The van der Waals surface area contributed by atoms with E-state index in [0.29, 0.717) is 34.9 Å². The highest BCUT2D eigenvalue weighted by Crippen LogP contribution is 2.38. The van der Waals surface area contributed by atoms with Crippen molar-refractivity contribution in [3.63, 3.8) is 0 Å². The van der Waals surface area contributed by atoms with Gasteiger partial charge in [-0.3, -0.25) is 9.59 Å². The molecule has 3 rings (SSSR count). The van der Waals surface area contributed by atoms with Crippen LogP contribution in [0.4, 0.5) is 5.69 Å². The molecule has 0 heterocycles. The van der Waals surface area contributed by atoms with Crippen LogP contribution in [0.5, 0.6) is 17.2 Å². The molecule has 7 heteroatoms. The molecule has 1 atom stereocenters. The van der Waals surface area contributed by atoms with Gasteiger partial charge in [-0.15, -0.1) is 0 Å². The van der Waals surface area contributed by atoms with Crippen molar-refractivity contribution in [2.24, 2.45) is 0 Å². The molecule has 7 nitrogen and oxygen atoms in total. The van der Waals surface area contributed by atoms with Crippen LogP contribution in [0.2, 0.25) is 0 Å². The van der Waals surface area contributed by atoms with Gasteiger partial charge in [0.05, 0.1) is 27.4 Å². The summed E-state index contributed by atoms with van der Waals surface area (Å²) in [6, 6.07) is 20.2. The number of anilines is 1. The average molecular weight is 463 g/mol. The Kier molecular flexibility index (Phi) is 8.51. The summed E-state index contributed by atoms with van der Waals surface area (Å²) in [4.78, 5) is 25.2. The molecule has 0 saturated heterocycles. The van der Waals surface area contributed by atoms with Crippen molar-refractivity contribution in [2.45, 2.75) is 19.4 Å². The van der Waals surface area contributed by atoms with Gasteiger partial charge in [0.1, 0.15) is 0 Å². The van der Waals surface area contributed by atoms with E-state index in [0.717, 1.165) is 11.3 Å². The van der Waals surface area contributed by atoms with Gasteiger partial charge in [0.2, 0.25) is 5.75 Å². The second-order valence-electron chi connectivity index (χ2n) is 7.70. The van der Waals surface area contributed by atoms with Crippen molar-refractivity contribution in [2.75, 3.05) is 33.2 Å². The van der Waals surface area contributed by atoms with Gasteiger partial charge in [-0.25, -0.2) is 0 Å². The van der Waals surface area contributed by atoms with E-state index in [9.17, 15) is 9.59 Å². The van der Waals surface area contributed by atoms with Crippen LogP contribution in [0, 0.1) is 0 Å². The molecule has 0 unspecified atom stereocenters. The Hall–Kier alpha value is -4.00. The number of methoxy groups -OCH3 is 3. The summed E-state index contributed by atoms with van der Waals surface area (Å²) in [6.45, 7) is 2.39. The molecule has 1 amide bonds. The van der Waals surface area contributed by atoms with Crippen molar-refractivity contribution >= 4 is 17.4 Å². The maximum atomic E-state index is 12.7. The summed E-state index contributed by atoms with van der Waals surface area (Å²) in [5, 5.41) is 6.22. The number of Topliss-reactive ketones (excluding diaryl/α,β-unsaturated/α-hetero) is 1. The van der Waals surface area contributed by atoms with Gasteiger partial charge < -0.3 is 24.8 Å². The molecule has 0 radical (unpaired) electrons. The fourth-order valence-electron chi connectivity index (χ4n) is 3.55. The number of hydrogen-bond acceptors (Lipinski definition) is 6. The second-order valence-corrected chi connectivity index (χ2v) is 7.70. The standard InChI is InChI=1S/C27H30N2O5/c1-18(19-8-6-5-7-9-19)29-27(31)20-10-12-22(13-11-20)28-15-14-23(30)21-16-24(32-2)26(34-4)25(17-21)33-3/h5-13,16-18,28H,14-15H2,1-4H3,(H,29,31)/t18-/m1/s1. The zero-order valence-corrected chi connectivity index (χ0v) is 19.9. The predicted octanol–water partition coefficient (Wildman–Crippen LogP) is 4.89. The SMILES string of the molecule is COc1cc(C(=O)CCNc2ccc(C(=O)N[C@H](C)c3ccccc3)cc2)cc(OC)c1OC. The Labute approximate surface area is 200 Å². The van der Waals surface area contributed by atoms with Gasteiger partial charge in [0.15, 0.2) is 17.3 Å². The predicted molar refractivity (Wildman–Crippen MR) is 132 cm³/mol. The van der Waals surface area contributed by atoms with Crippen molar-refractivity contribution in [3.05, 3.63) is 83.4 Å². The highest BCUT2D eigenvalue weighted by molar-refractivity contribution is 5.97.